The van der Waals surface area contributed by atoms with Gasteiger partial charge in [0.15, 0.2) is 5.82 Å². The fourth-order valence-electron chi connectivity index (χ4n) is 2.72. The predicted octanol–water partition coefficient (Wildman–Crippen LogP) is 3.38. The largest absolute Gasteiger partial charge is 0.478 e. The number of carboxylic acid groups (broad SMARTS) is 1. The van der Waals surface area contributed by atoms with E-state index in [-0.39, 0.29) is 23.3 Å². The van der Waals surface area contributed by atoms with Gasteiger partial charge in [-0.3, -0.25) is 0 Å². The number of nitrogens with zero attached hydrogens (tertiary/aromatic N) is 2. The summed E-state index contributed by atoms with van der Waals surface area (Å²) in [5.41, 5.74) is 0.883. The van der Waals surface area contributed by atoms with E-state index in [1.54, 1.807) is 0 Å². The Morgan fingerprint density at radius 3 is 2.59 bits per heavy atom. The lowest BCUT2D eigenvalue weighted by Crippen LogP contribution is -2.36. The second kappa shape index (κ2) is 5.57. The Kier molecular flexibility index (Phi) is 3.74. The Hall–Kier alpha value is -2.14. The molecule has 0 radical (unpaired) electrons. The summed E-state index contributed by atoms with van der Waals surface area (Å²) in [6.45, 7) is 3.48. The molecule has 1 fully saturated rings. The average molecular weight is 319 g/mol. The number of carbonyl (C=O) groups is 1. The van der Waals surface area contributed by atoms with Gasteiger partial charge in [-0.2, -0.15) is 4.98 Å². The molecule has 1 aliphatic rings. The van der Waals surface area contributed by atoms with E-state index in [4.69, 9.17) is 21.2 Å². The fourth-order valence-corrected chi connectivity index (χ4v) is 2.85. The van der Waals surface area contributed by atoms with Crippen molar-refractivity contribution in [1.29, 1.82) is 0 Å². The molecule has 2 aromatic rings. The second-order valence-corrected chi connectivity index (χ2v) is 5.98. The highest BCUT2D eigenvalue weighted by molar-refractivity contribution is 6.30. The molecule has 1 aromatic heterocycles. The smallest absolute Gasteiger partial charge is 0.331 e. The van der Waals surface area contributed by atoms with Crippen LogP contribution in [-0.2, 0) is 16.6 Å². The summed E-state index contributed by atoms with van der Waals surface area (Å²) in [4.78, 5) is 15.2. The molecule has 1 heterocycles. The number of aromatic nitrogens is 2. The second-order valence-electron chi connectivity index (χ2n) is 5.54. The Bertz CT molecular complexity index is 717. The summed E-state index contributed by atoms with van der Waals surface area (Å²) >= 11 is 5.94. The Morgan fingerprint density at radius 1 is 1.36 bits per heavy atom. The first-order valence-corrected chi connectivity index (χ1v) is 7.39. The van der Waals surface area contributed by atoms with Crippen molar-refractivity contribution in [1.82, 2.24) is 10.1 Å². The summed E-state index contributed by atoms with van der Waals surface area (Å²) in [6.07, 6.45) is 3.02. The maximum Gasteiger partial charge on any atom is 0.331 e. The molecule has 0 amide bonds. The van der Waals surface area contributed by atoms with Crippen LogP contribution >= 0.6 is 11.6 Å². The quantitative estimate of drug-likeness (QED) is 0.855. The van der Waals surface area contributed by atoms with E-state index in [0.717, 1.165) is 24.8 Å². The van der Waals surface area contributed by atoms with Crippen molar-refractivity contribution in [2.24, 2.45) is 0 Å². The van der Waals surface area contributed by atoms with Crippen molar-refractivity contribution in [3.63, 3.8) is 0 Å². The number of hydrogen-bond donors (Lipinski definition) is 1. The molecular weight excluding hydrogens is 304 g/mol. The van der Waals surface area contributed by atoms with Crippen LogP contribution in [0.4, 0.5) is 0 Å². The third kappa shape index (κ3) is 2.52. The molecule has 0 bridgehead atoms. The first kappa shape index (κ1) is 14.8. The molecule has 0 saturated heterocycles. The van der Waals surface area contributed by atoms with E-state index >= 15 is 0 Å². The molecule has 3 rings (SSSR count). The Morgan fingerprint density at radius 2 is 2.05 bits per heavy atom. The van der Waals surface area contributed by atoms with Crippen LogP contribution in [-0.4, -0.2) is 21.2 Å². The minimum Gasteiger partial charge on any atom is -0.478 e. The zero-order valence-corrected chi connectivity index (χ0v) is 12.6. The van der Waals surface area contributed by atoms with Gasteiger partial charge >= 0.3 is 5.97 Å². The number of aliphatic carboxylic acids is 1. The average Bonchev–Trinajstić information content (AvgIpc) is 2.88. The topological polar surface area (TPSA) is 76.2 Å². The summed E-state index contributed by atoms with van der Waals surface area (Å²) in [6, 6.07) is 7.66. The fraction of sp³-hybridized carbons (Fsp3) is 0.312. The molecule has 1 aromatic carbocycles. The lowest BCUT2D eigenvalue weighted by molar-refractivity contribution is -0.132. The lowest BCUT2D eigenvalue weighted by atomic mass is 9.64. The zero-order chi connectivity index (χ0) is 15.7. The van der Waals surface area contributed by atoms with Gasteiger partial charge in [0.05, 0.1) is 11.8 Å². The van der Waals surface area contributed by atoms with Crippen molar-refractivity contribution < 1.29 is 14.4 Å². The van der Waals surface area contributed by atoms with Gasteiger partial charge in [-0.05, 0) is 30.5 Å². The highest BCUT2D eigenvalue weighted by Gasteiger charge is 2.44. The van der Waals surface area contributed by atoms with Crippen LogP contribution < -0.4 is 0 Å². The van der Waals surface area contributed by atoms with Crippen molar-refractivity contribution >= 4 is 17.6 Å². The van der Waals surface area contributed by atoms with Crippen LogP contribution in [0, 0.1) is 0 Å². The summed E-state index contributed by atoms with van der Waals surface area (Å²) in [5.74, 6) is -0.173. The SMILES string of the molecule is C=C(Cc1nc(C2(c3ccc(Cl)cc3)CCC2)no1)C(=O)O. The maximum absolute atomic E-state index is 10.8. The van der Waals surface area contributed by atoms with Crippen LogP contribution in [0.15, 0.2) is 40.9 Å². The van der Waals surface area contributed by atoms with Crippen LogP contribution in [0.1, 0.15) is 36.5 Å². The predicted molar refractivity (Wildman–Crippen MR) is 80.9 cm³/mol. The summed E-state index contributed by atoms with van der Waals surface area (Å²) in [5, 5.41) is 13.6. The van der Waals surface area contributed by atoms with Crippen LogP contribution in [0.3, 0.4) is 0 Å². The van der Waals surface area contributed by atoms with Gasteiger partial charge in [-0.15, -0.1) is 0 Å². The molecule has 114 valence electrons. The summed E-state index contributed by atoms with van der Waals surface area (Å²) in [7, 11) is 0. The van der Waals surface area contributed by atoms with Crippen molar-refractivity contribution in [3.8, 4) is 0 Å². The molecule has 1 saturated carbocycles. The molecular formula is C16H15ClN2O3. The van der Waals surface area contributed by atoms with Crippen molar-refractivity contribution in [2.45, 2.75) is 31.1 Å². The Balaban J connectivity index is 1.88. The molecule has 5 nitrogen and oxygen atoms in total. The first-order chi connectivity index (χ1) is 10.5. The van der Waals surface area contributed by atoms with E-state index in [2.05, 4.69) is 16.7 Å². The van der Waals surface area contributed by atoms with Gasteiger partial charge in [0.25, 0.3) is 0 Å². The molecule has 0 atom stereocenters. The number of hydrogen-bond acceptors (Lipinski definition) is 4. The zero-order valence-electron chi connectivity index (χ0n) is 11.9. The van der Waals surface area contributed by atoms with Crippen molar-refractivity contribution in [2.75, 3.05) is 0 Å². The molecule has 22 heavy (non-hydrogen) atoms. The highest BCUT2D eigenvalue weighted by atomic mass is 35.5. The normalized spacial score (nSPS) is 16.0. The van der Waals surface area contributed by atoms with E-state index < -0.39 is 5.97 Å². The number of rotatable bonds is 5. The van der Waals surface area contributed by atoms with E-state index in [1.165, 1.54) is 0 Å². The number of carboxylic acids is 1. The van der Waals surface area contributed by atoms with Crippen LogP contribution in [0.25, 0.3) is 0 Å². The standard InChI is InChI=1S/C16H15ClN2O3/c1-10(14(20)21)9-13-18-15(19-22-13)16(7-2-8-16)11-3-5-12(17)6-4-11/h3-6H,1-2,7-9H2,(H,20,21). The van der Waals surface area contributed by atoms with Gasteiger partial charge in [-0.25, -0.2) is 4.79 Å². The highest BCUT2D eigenvalue weighted by Crippen LogP contribution is 2.47. The first-order valence-electron chi connectivity index (χ1n) is 7.01. The minimum atomic E-state index is -1.06. The van der Waals surface area contributed by atoms with E-state index in [9.17, 15) is 4.79 Å². The Labute approximate surface area is 132 Å². The third-order valence-corrected chi connectivity index (χ3v) is 4.42. The molecule has 0 spiro atoms. The minimum absolute atomic E-state index is 0.0318. The van der Waals surface area contributed by atoms with Gasteiger partial charge in [0, 0.05) is 10.6 Å². The summed E-state index contributed by atoms with van der Waals surface area (Å²) < 4.78 is 5.20. The monoisotopic (exact) mass is 318 g/mol. The van der Waals surface area contributed by atoms with Gasteiger partial charge in [-0.1, -0.05) is 41.9 Å². The van der Waals surface area contributed by atoms with E-state index in [1.807, 2.05) is 24.3 Å². The maximum atomic E-state index is 10.8. The third-order valence-electron chi connectivity index (χ3n) is 4.17. The van der Waals surface area contributed by atoms with Gasteiger partial charge < -0.3 is 9.63 Å². The molecule has 1 N–H and O–H groups in total. The molecule has 0 aliphatic heterocycles. The van der Waals surface area contributed by atoms with Crippen LogP contribution in [0.2, 0.25) is 5.02 Å². The number of halogens is 1. The van der Waals surface area contributed by atoms with E-state index in [0.29, 0.717) is 10.8 Å². The lowest BCUT2D eigenvalue weighted by Gasteiger charge is -2.39. The molecule has 1 aliphatic carbocycles. The van der Waals surface area contributed by atoms with Crippen LogP contribution in [0.5, 0.6) is 0 Å². The molecule has 0 unspecified atom stereocenters. The molecule has 6 heteroatoms. The van der Waals surface area contributed by atoms with Crippen molar-refractivity contribution in [3.05, 3.63) is 58.7 Å². The van der Waals surface area contributed by atoms with Gasteiger partial charge in [0.1, 0.15) is 0 Å². The van der Waals surface area contributed by atoms with Gasteiger partial charge in [0.2, 0.25) is 5.89 Å². The number of benzene rings is 1.